The molecule has 3 amide bonds. The fourth-order valence-corrected chi connectivity index (χ4v) is 6.82. The van der Waals surface area contributed by atoms with Crippen molar-refractivity contribution in [2.24, 2.45) is 0 Å². The summed E-state index contributed by atoms with van der Waals surface area (Å²) in [5.41, 5.74) is -0.615. The van der Waals surface area contributed by atoms with E-state index < -0.39 is 47.5 Å². The van der Waals surface area contributed by atoms with Gasteiger partial charge in [0.25, 0.3) is 5.91 Å². The van der Waals surface area contributed by atoms with Gasteiger partial charge in [-0.2, -0.15) is 13.2 Å². The predicted molar refractivity (Wildman–Crippen MR) is 218 cm³/mol. The largest absolute Gasteiger partial charge is 0.497 e. The summed E-state index contributed by atoms with van der Waals surface area (Å²) in [6.07, 6.45) is -4.25. The van der Waals surface area contributed by atoms with Crippen molar-refractivity contribution < 1.29 is 50.9 Å². The van der Waals surface area contributed by atoms with Crippen molar-refractivity contribution in [1.82, 2.24) is 20.1 Å². The summed E-state index contributed by atoms with van der Waals surface area (Å²) in [7, 11) is 1.58. The highest BCUT2D eigenvalue weighted by atomic mass is 19.4. The lowest BCUT2D eigenvalue weighted by Gasteiger charge is -2.44. The minimum absolute atomic E-state index is 0.0119. The van der Waals surface area contributed by atoms with E-state index in [0.29, 0.717) is 66.9 Å². The number of hydrogen-bond donors (Lipinski definition) is 2. The van der Waals surface area contributed by atoms with E-state index in [0.717, 1.165) is 11.6 Å². The minimum Gasteiger partial charge on any atom is -0.497 e. The van der Waals surface area contributed by atoms with Gasteiger partial charge in [-0.15, -0.1) is 0 Å². The van der Waals surface area contributed by atoms with E-state index in [2.05, 4.69) is 15.6 Å². The Morgan fingerprint density at radius 3 is 2.23 bits per heavy atom. The zero-order valence-electron chi connectivity index (χ0n) is 34.7. The molecule has 0 spiro atoms. The van der Waals surface area contributed by atoms with Gasteiger partial charge in [-0.1, -0.05) is 24.3 Å². The van der Waals surface area contributed by atoms with Crippen molar-refractivity contribution in [3.8, 4) is 28.5 Å². The third-order valence-corrected chi connectivity index (χ3v) is 9.52. The zero-order chi connectivity index (χ0) is 43.8. The molecule has 1 aliphatic heterocycles. The molecule has 1 saturated heterocycles. The molecule has 0 aliphatic carbocycles. The summed E-state index contributed by atoms with van der Waals surface area (Å²) in [4.78, 5) is 47.1. The first-order valence-electron chi connectivity index (χ1n) is 19.5. The molecular weight excluding hydrogens is 787 g/mol. The Hall–Kier alpha value is -5.90. The number of pyridine rings is 1. The molecule has 2 heterocycles. The molecule has 2 atom stereocenters. The minimum atomic E-state index is -4.83. The van der Waals surface area contributed by atoms with Crippen LogP contribution < -0.4 is 24.8 Å². The summed E-state index contributed by atoms with van der Waals surface area (Å²) < 4.78 is 79.7. The van der Waals surface area contributed by atoms with Gasteiger partial charge in [0.05, 0.1) is 25.7 Å². The van der Waals surface area contributed by atoms with Crippen molar-refractivity contribution >= 4 is 23.6 Å². The highest BCUT2D eigenvalue weighted by Gasteiger charge is 2.36. The second-order valence-electron chi connectivity index (χ2n) is 15.5. The van der Waals surface area contributed by atoms with Crippen LogP contribution in [0.1, 0.15) is 68.6 Å². The Kier molecular flexibility index (Phi) is 14.6. The van der Waals surface area contributed by atoms with Gasteiger partial charge in [-0.3, -0.25) is 14.5 Å². The lowest BCUT2D eigenvalue weighted by atomic mass is 10.0. The molecule has 4 aromatic rings. The number of alkyl halides is 3. The first-order valence-corrected chi connectivity index (χ1v) is 19.5. The van der Waals surface area contributed by atoms with E-state index >= 15 is 4.39 Å². The maximum absolute atomic E-state index is 15.5. The SMILES string of the molecule is CCOc1cc(OCc2ccc(OC)cc2)ncc1-c1ccc(CC(=O)Nc2cc(C(=O)NCCN3C[C@@H](C)N(C(=O)OC(C)(C)C)[C@@H](C)C3)cc(C(F)(F)F)c2)c(F)c1. The Labute approximate surface area is 347 Å². The number of amides is 3. The summed E-state index contributed by atoms with van der Waals surface area (Å²) >= 11 is 0. The van der Waals surface area contributed by atoms with Crippen LogP contribution in [-0.2, 0) is 28.7 Å². The molecular formula is C44H51F4N5O7. The average molecular weight is 838 g/mol. The smallest absolute Gasteiger partial charge is 0.416 e. The number of carbonyl (C=O) groups excluding carboxylic acids is 3. The van der Waals surface area contributed by atoms with Crippen LogP contribution >= 0.6 is 0 Å². The Balaban J connectivity index is 1.20. The van der Waals surface area contributed by atoms with Gasteiger partial charge in [-0.25, -0.2) is 14.2 Å². The molecule has 60 heavy (non-hydrogen) atoms. The molecule has 1 aromatic heterocycles. The summed E-state index contributed by atoms with van der Waals surface area (Å²) in [5, 5.41) is 5.05. The van der Waals surface area contributed by atoms with E-state index in [1.54, 1.807) is 51.8 Å². The molecule has 1 aliphatic rings. The Morgan fingerprint density at radius 2 is 1.62 bits per heavy atom. The van der Waals surface area contributed by atoms with Gasteiger partial charge in [0, 0.05) is 67.3 Å². The molecule has 0 bridgehead atoms. The second kappa shape index (κ2) is 19.4. The molecule has 16 heteroatoms. The number of methoxy groups -OCH3 is 1. The number of anilines is 1. The lowest BCUT2D eigenvalue weighted by molar-refractivity contribution is -0.137. The van der Waals surface area contributed by atoms with E-state index in [1.165, 1.54) is 18.3 Å². The van der Waals surface area contributed by atoms with Crippen LogP contribution in [0, 0.1) is 5.82 Å². The normalized spacial score (nSPS) is 15.9. The van der Waals surface area contributed by atoms with Gasteiger partial charge in [-0.05, 0) is 94.6 Å². The van der Waals surface area contributed by atoms with Crippen LogP contribution in [0.3, 0.4) is 0 Å². The van der Waals surface area contributed by atoms with E-state index in [4.69, 9.17) is 18.9 Å². The summed E-state index contributed by atoms with van der Waals surface area (Å²) in [6.45, 7) is 13.0. The van der Waals surface area contributed by atoms with Crippen LogP contribution in [0.15, 0.2) is 72.9 Å². The average Bonchev–Trinajstić information content (AvgIpc) is 3.17. The molecule has 1 fully saturated rings. The van der Waals surface area contributed by atoms with E-state index in [9.17, 15) is 27.6 Å². The van der Waals surface area contributed by atoms with Crippen molar-refractivity contribution in [1.29, 1.82) is 0 Å². The number of benzene rings is 3. The summed E-state index contributed by atoms with van der Waals surface area (Å²) in [6, 6.07) is 15.4. The highest BCUT2D eigenvalue weighted by molar-refractivity contribution is 5.98. The van der Waals surface area contributed by atoms with Gasteiger partial charge in [0.15, 0.2) is 0 Å². The maximum atomic E-state index is 15.5. The molecule has 3 aromatic carbocycles. The number of hydrogen-bond acceptors (Lipinski definition) is 9. The van der Waals surface area contributed by atoms with Gasteiger partial charge in [0.2, 0.25) is 11.8 Å². The third-order valence-electron chi connectivity index (χ3n) is 9.52. The van der Waals surface area contributed by atoms with Gasteiger partial charge in [0.1, 0.15) is 29.5 Å². The number of nitrogens with zero attached hydrogens (tertiary/aromatic N) is 3. The number of ether oxygens (including phenoxy) is 4. The molecule has 0 radical (unpaired) electrons. The Morgan fingerprint density at radius 1 is 0.917 bits per heavy atom. The quantitative estimate of drug-likeness (QED) is 0.121. The predicted octanol–water partition coefficient (Wildman–Crippen LogP) is 8.13. The van der Waals surface area contributed by atoms with Gasteiger partial charge < -0.3 is 34.5 Å². The van der Waals surface area contributed by atoms with Crippen molar-refractivity contribution in [2.75, 3.05) is 45.2 Å². The van der Waals surface area contributed by atoms with Crippen LogP contribution in [0.5, 0.6) is 17.4 Å². The molecule has 322 valence electrons. The molecule has 0 unspecified atom stereocenters. The number of piperazine rings is 1. The third kappa shape index (κ3) is 12.3. The van der Waals surface area contributed by atoms with Crippen molar-refractivity contribution in [3.05, 3.63) is 101 Å². The monoisotopic (exact) mass is 837 g/mol. The standard InChI is InChI=1S/C44H51F4N5O7/c1-8-58-38-22-40(59-26-29-9-13-35(57-7)14-10-29)50-23-36(38)30-11-12-31(37(45)19-30)20-39(54)51-34-18-32(17-33(21-34)44(46,47)48)41(55)49-15-16-52-24-27(2)53(28(3)25-52)42(56)60-43(4,5)6/h9-14,17-19,21-23,27-28H,8,15-16,20,24-26H2,1-7H3,(H,49,55)(H,51,54)/t27-,28+. The number of aromatic nitrogens is 1. The van der Waals surface area contributed by atoms with Crippen molar-refractivity contribution in [2.45, 2.75) is 78.4 Å². The number of halogens is 4. The fourth-order valence-electron chi connectivity index (χ4n) is 6.82. The topological polar surface area (TPSA) is 132 Å². The van der Waals surface area contributed by atoms with Crippen LogP contribution in [0.25, 0.3) is 11.1 Å². The number of rotatable bonds is 14. The van der Waals surface area contributed by atoms with Crippen LogP contribution in [-0.4, -0.2) is 90.3 Å². The zero-order valence-corrected chi connectivity index (χ0v) is 34.7. The first-order chi connectivity index (χ1) is 28.3. The van der Waals surface area contributed by atoms with E-state index in [-0.39, 0.29) is 42.0 Å². The molecule has 2 N–H and O–H groups in total. The molecule has 5 rings (SSSR count). The van der Waals surface area contributed by atoms with Crippen molar-refractivity contribution in [3.63, 3.8) is 0 Å². The second-order valence-corrected chi connectivity index (χ2v) is 15.5. The number of carbonyl (C=O) groups is 3. The Bertz CT molecular complexity index is 2130. The van der Waals surface area contributed by atoms with E-state index in [1.807, 2.05) is 43.0 Å². The summed E-state index contributed by atoms with van der Waals surface area (Å²) in [5.74, 6) is -0.899. The molecule has 12 nitrogen and oxygen atoms in total. The lowest BCUT2D eigenvalue weighted by Crippen LogP contribution is -2.60. The fraction of sp³-hybridized carbons (Fsp3) is 0.409. The molecule has 0 saturated carbocycles. The van der Waals surface area contributed by atoms with Gasteiger partial charge >= 0.3 is 12.3 Å². The van der Waals surface area contributed by atoms with Crippen LogP contribution in [0.2, 0.25) is 0 Å². The first kappa shape index (κ1) is 45.2. The van der Waals surface area contributed by atoms with Crippen LogP contribution in [0.4, 0.5) is 28.0 Å². The number of nitrogens with one attached hydrogen (secondary N) is 2. The highest BCUT2D eigenvalue weighted by Crippen LogP contribution is 2.34. The maximum Gasteiger partial charge on any atom is 0.416 e.